The molecule has 0 radical (unpaired) electrons. The fourth-order valence-corrected chi connectivity index (χ4v) is 2.71. The number of carbonyl (C=O) groups is 1. The number of hydrogen-bond donors (Lipinski definition) is 0. The highest BCUT2D eigenvalue weighted by molar-refractivity contribution is 6.35. The quantitative estimate of drug-likeness (QED) is 0.755. The Kier molecular flexibility index (Phi) is 3.95. The van der Waals surface area contributed by atoms with Crippen molar-refractivity contribution >= 4 is 34.8 Å². The number of alkyl halides is 5. The third kappa shape index (κ3) is 2.61. The Morgan fingerprint density at radius 1 is 1.45 bits per heavy atom. The third-order valence-corrected chi connectivity index (χ3v) is 4.73. The molecule has 0 bridgehead atoms. The zero-order chi connectivity index (χ0) is 15.1. The van der Waals surface area contributed by atoms with Crippen molar-refractivity contribution in [2.24, 2.45) is 5.41 Å². The Morgan fingerprint density at radius 2 is 2.10 bits per heavy atom. The number of hydrogen-bond acceptors (Lipinski definition) is 1. The number of anilines is 1. The number of nitrogens with zero attached hydrogens (tertiary/aromatic N) is 1. The summed E-state index contributed by atoms with van der Waals surface area (Å²) in [6.07, 6.45) is -4.45. The lowest BCUT2D eigenvalue weighted by atomic mass is 9.92. The van der Waals surface area contributed by atoms with Gasteiger partial charge in [-0.15, -0.1) is 23.2 Å². The zero-order valence-corrected chi connectivity index (χ0v) is 12.1. The predicted octanol–water partition coefficient (Wildman–Crippen LogP) is 3.90. The highest BCUT2D eigenvalue weighted by Gasteiger charge is 2.48. The first-order chi connectivity index (χ1) is 9.19. The van der Waals surface area contributed by atoms with Gasteiger partial charge in [0.15, 0.2) is 0 Å². The van der Waals surface area contributed by atoms with Crippen molar-refractivity contribution in [1.82, 2.24) is 0 Å². The van der Waals surface area contributed by atoms with Crippen LogP contribution in [0.4, 0.5) is 18.9 Å². The van der Waals surface area contributed by atoms with Crippen molar-refractivity contribution in [2.75, 3.05) is 17.3 Å². The van der Waals surface area contributed by atoms with Crippen molar-refractivity contribution < 1.29 is 18.0 Å². The van der Waals surface area contributed by atoms with Crippen molar-refractivity contribution in [2.45, 2.75) is 18.5 Å². The van der Waals surface area contributed by atoms with Gasteiger partial charge in [0.2, 0.25) is 5.91 Å². The molecule has 2 rings (SSSR count). The first-order valence-electron chi connectivity index (χ1n) is 5.88. The summed E-state index contributed by atoms with van der Waals surface area (Å²) in [6.45, 7) is 1.94. The van der Waals surface area contributed by atoms with Crippen LogP contribution in [-0.2, 0) is 11.0 Å². The van der Waals surface area contributed by atoms with E-state index < -0.39 is 28.4 Å². The minimum absolute atomic E-state index is 0.155. The molecule has 1 heterocycles. The second kappa shape index (κ2) is 5.11. The van der Waals surface area contributed by atoms with Gasteiger partial charge in [-0.05, 0) is 18.2 Å². The molecule has 0 spiro atoms. The van der Waals surface area contributed by atoms with Crippen LogP contribution in [0.25, 0.3) is 0 Å². The maximum absolute atomic E-state index is 12.7. The molecule has 2 nitrogen and oxygen atoms in total. The minimum Gasteiger partial charge on any atom is -0.310 e. The Bertz CT molecular complexity index is 535. The highest BCUT2D eigenvalue weighted by atomic mass is 35.5. The molecule has 0 aliphatic carbocycles. The first-order valence-corrected chi connectivity index (χ1v) is 6.85. The van der Waals surface area contributed by atoms with Gasteiger partial charge in [-0.3, -0.25) is 4.79 Å². The Balaban J connectivity index is 2.36. The second-order valence-corrected chi connectivity index (χ2v) is 5.83. The van der Waals surface area contributed by atoms with Gasteiger partial charge in [-0.2, -0.15) is 13.2 Å². The maximum atomic E-state index is 12.7. The third-order valence-electron chi connectivity index (χ3n) is 3.40. The molecule has 110 valence electrons. The first kappa shape index (κ1) is 15.4. The van der Waals surface area contributed by atoms with E-state index in [0.29, 0.717) is 0 Å². The summed E-state index contributed by atoms with van der Waals surface area (Å²) in [4.78, 5) is 13.4. The van der Waals surface area contributed by atoms with E-state index >= 15 is 0 Å². The lowest BCUT2D eigenvalue weighted by Crippen LogP contribution is -2.29. The molecule has 2 unspecified atom stereocenters. The van der Waals surface area contributed by atoms with Crippen LogP contribution in [0.5, 0.6) is 0 Å². The van der Waals surface area contributed by atoms with Crippen molar-refractivity contribution in [1.29, 1.82) is 0 Å². The number of benzene rings is 1. The molecular weight excluding hydrogens is 314 g/mol. The van der Waals surface area contributed by atoms with Gasteiger partial charge in [0.25, 0.3) is 0 Å². The number of amides is 1. The molecule has 0 aromatic heterocycles. The van der Waals surface area contributed by atoms with E-state index in [-0.39, 0.29) is 18.1 Å². The molecule has 0 saturated carbocycles. The van der Waals surface area contributed by atoms with E-state index in [2.05, 4.69) is 0 Å². The van der Waals surface area contributed by atoms with Crippen LogP contribution in [0.1, 0.15) is 12.5 Å². The Morgan fingerprint density at radius 3 is 2.60 bits per heavy atom. The average molecular weight is 326 g/mol. The summed E-state index contributed by atoms with van der Waals surface area (Å²) in [7, 11) is 0. The molecule has 0 N–H and O–H groups in total. The lowest BCUT2D eigenvalue weighted by molar-refractivity contribution is -0.137. The molecule has 1 fully saturated rings. The Hall–Kier alpha value is -0.940. The highest BCUT2D eigenvalue weighted by Crippen LogP contribution is 2.40. The molecule has 1 saturated heterocycles. The summed E-state index contributed by atoms with van der Waals surface area (Å²) in [5.41, 5.74) is -1.27. The van der Waals surface area contributed by atoms with E-state index in [4.69, 9.17) is 23.2 Å². The second-order valence-electron chi connectivity index (χ2n) is 5.12. The van der Waals surface area contributed by atoms with Crippen molar-refractivity contribution in [3.63, 3.8) is 0 Å². The molecule has 20 heavy (non-hydrogen) atoms. The molecule has 1 aromatic carbocycles. The van der Waals surface area contributed by atoms with Gasteiger partial charge < -0.3 is 4.90 Å². The van der Waals surface area contributed by atoms with Crippen LogP contribution >= 0.6 is 23.2 Å². The normalized spacial score (nSPS) is 27.2. The monoisotopic (exact) mass is 325 g/mol. The SMILES string of the molecule is CC1(CCl)CN(c2cccc(C(F)(F)F)c2)C(=O)C1Cl. The molecule has 1 amide bonds. The molecule has 1 aromatic rings. The van der Waals surface area contributed by atoms with Crippen LogP contribution in [0, 0.1) is 5.41 Å². The van der Waals surface area contributed by atoms with Gasteiger partial charge in [0.05, 0.1) is 5.56 Å². The smallest absolute Gasteiger partial charge is 0.310 e. The van der Waals surface area contributed by atoms with Gasteiger partial charge in [-0.25, -0.2) is 0 Å². The molecule has 7 heteroatoms. The molecular formula is C13H12Cl2F3NO. The Labute approximate surface area is 124 Å². The largest absolute Gasteiger partial charge is 0.416 e. The summed E-state index contributed by atoms with van der Waals surface area (Å²) in [5, 5.41) is -0.838. The van der Waals surface area contributed by atoms with Gasteiger partial charge in [0.1, 0.15) is 5.38 Å². The predicted molar refractivity (Wildman–Crippen MR) is 72.3 cm³/mol. The number of halogens is 5. The van der Waals surface area contributed by atoms with Crippen molar-refractivity contribution in [3.8, 4) is 0 Å². The summed E-state index contributed by atoms with van der Waals surface area (Å²) in [5.74, 6) is -0.267. The molecule has 2 atom stereocenters. The van der Waals surface area contributed by atoms with Crippen LogP contribution in [0.2, 0.25) is 0 Å². The maximum Gasteiger partial charge on any atom is 0.416 e. The van der Waals surface area contributed by atoms with E-state index in [1.807, 2.05) is 0 Å². The van der Waals surface area contributed by atoms with Crippen LogP contribution in [0.15, 0.2) is 24.3 Å². The number of carbonyl (C=O) groups excluding carboxylic acids is 1. The lowest BCUT2D eigenvalue weighted by Gasteiger charge is -2.23. The number of rotatable bonds is 2. The minimum atomic E-state index is -4.45. The standard InChI is InChI=1S/C13H12Cl2F3NO/c1-12(6-14)7-19(11(20)10(12)15)9-4-2-3-8(5-9)13(16,17)18/h2-5,10H,6-7H2,1H3. The average Bonchev–Trinajstić information content (AvgIpc) is 2.63. The molecule has 1 aliphatic rings. The van der Waals surface area contributed by atoms with E-state index in [0.717, 1.165) is 12.1 Å². The van der Waals surface area contributed by atoms with E-state index in [1.165, 1.54) is 17.0 Å². The zero-order valence-electron chi connectivity index (χ0n) is 10.5. The summed E-state index contributed by atoms with van der Waals surface area (Å²) in [6, 6.07) is 4.63. The van der Waals surface area contributed by atoms with Crippen LogP contribution in [0.3, 0.4) is 0 Å². The van der Waals surface area contributed by atoms with Crippen LogP contribution in [-0.4, -0.2) is 23.7 Å². The van der Waals surface area contributed by atoms with Crippen molar-refractivity contribution in [3.05, 3.63) is 29.8 Å². The van der Waals surface area contributed by atoms with E-state index in [1.54, 1.807) is 6.92 Å². The van der Waals surface area contributed by atoms with Gasteiger partial charge >= 0.3 is 6.18 Å². The van der Waals surface area contributed by atoms with E-state index in [9.17, 15) is 18.0 Å². The summed E-state index contributed by atoms with van der Waals surface area (Å²) >= 11 is 11.9. The fourth-order valence-electron chi connectivity index (χ4n) is 2.13. The van der Waals surface area contributed by atoms with Crippen LogP contribution < -0.4 is 4.90 Å². The van der Waals surface area contributed by atoms with Gasteiger partial charge in [0, 0.05) is 23.5 Å². The topological polar surface area (TPSA) is 20.3 Å². The van der Waals surface area contributed by atoms with Gasteiger partial charge in [-0.1, -0.05) is 13.0 Å². The fraction of sp³-hybridized carbons (Fsp3) is 0.462. The molecule has 1 aliphatic heterocycles. The summed E-state index contributed by atoms with van der Waals surface area (Å²) < 4.78 is 38.1.